The van der Waals surface area contributed by atoms with Gasteiger partial charge in [0, 0.05) is 12.7 Å². The molecule has 2 N–H and O–H groups in total. The Bertz CT molecular complexity index is 526. The van der Waals surface area contributed by atoms with Crippen LogP contribution in [-0.2, 0) is 6.54 Å². The first-order chi connectivity index (χ1) is 8.24. The summed E-state index contributed by atoms with van der Waals surface area (Å²) >= 11 is 0. The van der Waals surface area contributed by atoms with Gasteiger partial charge < -0.3 is 10.5 Å². The molecule has 0 bridgehead atoms. The molecule has 1 aromatic heterocycles. The molecule has 2 aromatic rings. The summed E-state index contributed by atoms with van der Waals surface area (Å²) in [6.07, 6.45) is 1.71. The first-order valence-electron chi connectivity index (χ1n) is 5.41. The normalized spacial score (nSPS) is 10.3. The number of benzene rings is 1. The Balaban J connectivity index is 2.51. The summed E-state index contributed by atoms with van der Waals surface area (Å²) in [6.45, 7) is 2.42. The van der Waals surface area contributed by atoms with Gasteiger partial charge in [-0.25, -0.2) is 9.97 Å². The van der Waals surface area contributed by atoms with Crippen molar-refractivity contribution >= 4 is 0 Å². The molecule has 0 atom stereocenters. The minimum Gasteiger partial charge on any atom is -0.496 e. The average Bonchev–Trinajstić information content (AvgIpc) is 2.38. The number of aromatic nitrogens is 2. The van der Waals surface area contributed by atoms with Crippen molar-refractivity contribution in [3.63, 3.8) is 0 Å². The minimum atomic E-state index is 0.406. The molecule has 0 saturated carbocycles. The molecule has 0 fully saturated rings. The van der Waals surface area contributed by atoms with Crippen molar-refractivity contribution in [2.24, 2.45) is 5.73 Å². The number of nitrogens with two attached hydrogens (primary N) is 1. The van der Waals surface area contributed by atoms with Gasteiger partial charge in [0.2, 0.25) is 0 Å². The van der Waals surface area contributed by atoms with Crippen molar-refractivity contribution in [3.05, 3.63) is 41.7 Å². The Labute approximate surface area is 100 Å². The summed E-state index contributed by atoms with van der Waals surface area (Å²) in [6, 6.07) is 7.75. The van der Waals surface area contributed by atoms with Gasteiger partial charge in [-0.3, -0.25) is 0 Å². The molecule has 2 rings (SSSR count). The third kappa shape index (κ3) is 2.42. The molecule has 0 aliphatic carbocycles. The Morgan fingerprint density at radius 1 is 1.29 bits per heavy atom. The number of hydrogen-bond acceptors (Lipinski definition) is 4. The molecule has 1 aromatic carbocycles. The molecule has 0 aliphatic rings. The van der Waals surface area contributed by atoms with Crippen LogP contribution in [0.4, 0.5) is 0 Å². The predicted octanol–water partition coefficient (Wildman–Crippen LogP) is 1.92. The minimum absolute atomic E-state index is 0.406. The lowest BCUT2D eigenvalue weighted by molar-refractivity contribution is 0.416. The van der Waals surface area contributed by atoms with E-state index in [0.29, 0.717) is 12.4 Å². The van der Waals surface area contributed by atoms with Crippen LogP contribution >= 0.6 is 0 Å². The van der Waals surface area contributed by atoms with Crippen molar-refractivity contribution < 1.29 is 4.74 Å². The fraction of sp³-hybridized carbons (Fsp3) is 0.231. The van der Waals surface area contributed by atoms with Crippen molar-refractivity contribution in [3.8, 4) is 17.1 Å². The molecule has 0 radical (unpaired) electrons. The highest BCUT2D eigenvalue weighted by Crippen LogP contribution is 2.28. The van der Waals surface area contributed by atoms with Crippen LogP contribution in [0.1, 0.15) is 11.3 Å². The SMILES string of the molecule is COc1cc(C)ccc1-c1nccc(CN)n1. The number of aryl methyl sites for hydroxylation is 1. The largest absolute Gasteiger partial charge is 0.496 e. The summed E-state index contributed by atoms with van der Waals surface area (Å²) in [5.74, 6) is 1.42. The number of nitrogens with zero attached hydrogens (tertiary/aromatic N) is 2. The second kappa shape index (κ2) is 4.93. The molecule has 0 amide bonds. The summed E-state index contributed by atoms with van der Waals surface area (Å²) in [5.41, 5.74) is 8.41. The fourth-order valence-electron chi connectivity index (χ4n) is 1.62. The number of hydrogen-bond donors (Lipinski definition) is 1. The smallest absolute Gasteiger partial charge is 0.163 e. The Morgan fingerprint density at radius 2 is 2.12 bits per heavy atom. The monoisotopic (exact) mass is 229 g/mol. The maximum Gasteiger partial charge on any atom is 0.163 e. The number of rotatable bonds is 3. The van der Waals surface area contributed by atoms with E-state index in [4.69, 9.17) is 10.5 Å². The molecule has 4 heteroatoms. The molecule has 4 nitrogen and oxygen atoms in total. The van der Waals surface area contributed by atoms with Gasteiger partial charge >= 0.3 is 0 Å². The quantitative estimate of drug-likeness (QED) is 0.873. The van der Waals surface area contributed by atoms with E-state index in [1.807, 2.05) is 31.2 Å². The van der Waals surface area contributed by atoms with Crippen LogP contribution in [0.3, 0.4) is 0 Å². The summed E-state index contributed by atoms with van der Waals surface area (Å²) in [7, 11) is 1.64. The van der Waals surface area contributed by atoms with Crippen LogP contribution in [0.25, 0.3) is 11.4 Å². The molecule has 17 heavy (non-hydrogen) atoms. The zero-order chi connectivity index (χ0) is 12.3. The van der Waals surface area contributed by atoms with Gasteiger partial charge in [-0.2, -0.15) is 0 Å². The lowest BCUT2D eigenvalue weighted by Gasteiger charge is -2.08. The van der Waals surface area contributed by atoms with Crippen LogP contribution in [0.15, 0.2) is 30.5 Å². The molecular formula is C13H15N3O. The zero-order valence-electron chi connectivity index (χ0n) is 9.97. The van der Waals surface area contributed by atoms with Crippen LogP contribution in [0.5, 0.6) is 5.75 Å². The summed E-state index contributed by atoms with van der Waals surface area (Å²) < 4.78 is 5.34. The molecule has 88 valence electrons. The first-order valence-corrected chi connectivity index (χ1v) is 5.41. The van der Waals surface area contributed by atoms with E-state index in [0.717, 1.165) is 22.6 Å². The van der Waals surface area contributed by atoms with E-state index < -0.39 is 0 Å². The number of ether oxygens (including phenoxy) is 1. The molecule has 0 saturated heterocycles. The van der Waals surface area contributed by atoms with E-state index in [2.05, 4.69) is 9.97 Å². The first kappa shape index (κ1) is 11.5. The fourth-order valence-corrected chi connectivity index (χ4v) is 1.62. The third-order valence-corrected chi connectivity index (χ3v) is 2.52. The van der Waals surface area contributed by atoms with Crippen LogP contribution in [0.2, 0.25) is 0 Å². The van der Waals surface area contributed by atoms with Crippen LogP contribution in [-0.4, -0.2) is 17.1 Å². The second-order valence-corrected chi connectivity index (χ2v) is 3.78. The molecule has 0 spiro atoms. The van der Waals surface area contributed by atoms with Gasteiger partial charge in [0.15, 0.2) is 5.82 Å². The van der Waals surface area contributed by atoms with Crippen molar-refractivity contribution in [2.75, 3.05) is 7.11 Å². The lowest BCUT2D eigenvalue weighted by atomic mass is 10.1. The molecule has 0 aliphatic heterocycles. The maximum absolute atomic E-state index is 5.57. The van der Waals surface area contributed by atoms with E-state index in [1.54, 1.807) is 13.3 Å². The Kier molecular flexibility index (Phi) is 3.35. The van der Waals surface area contributed by atoms with E-state index >= 15 is 0 Å². The topological polar surface area (TPSA) is 61.0 Å². The molecule has 1 heterocycles. The Morgan fingerprint density at radius 3 is 2.82 bits per heavy atom. The third-order valence-electron chi connectivity index (χ3n) is 2.52. The van der Waals surface area contributed by atoms with Gasteiger partial charge in [-0.1, -0.05) is 6.07 Å². The van der Waals surface area contributed by atoms with Crippen molar-refractivity contribution in [1.29, 1.82) is 0 Å². The average molecular weight is 229 g/mol. The summed E-state index contributed by atoms with van der Waals surface area (Å²) in [4.78, 5) is 8.63. The van der Waals surface area contributed by atoms with Gasteiger partial charge in [0.1, 0.15) is 5.75 Å². The van der Waals surface area contributed by atoms with Gasteiger partial charge in [0.05, 0.1) is 18.4 Å². The van der Waals surface area contributed by atoms with E-state index in [9.17, 15) is 0 Å². The summed E-state index contributed by atoms with van der Waals surface area (Å²) in [5, 5.41) is 0. The van der Waals surface area contributed by atoms with Crippen molar-refractivity contribution in [2.45, 2.75) is 13.5 Å². The standard InChI is InChI=1S/C13H15N3O/c1-9-3-4-11(12(7-9)17-2)13-15-6-5-10(8-14)16-13/h3-7H,8,14H2,1-2H3. The maximum atomic E-state index is 5.57. The Hall–Kier alpha value is -1.94. The van der Waals surface area contributed by atoms with Crippen LogP contribution in [0, 0.1) is 6.92 Å². The highest BCUT2D eigenvalue weighted by atomic mass is 16.5. The highest BCUT2D eigenvalue weighted by Gasteiger charge is 2.08. The van der Waals surface area contributed by atoms with E-state index in [-0.39, 0.29) is 0 Å². The molecular weight excluding hydrogens is 214 g/mol. The van der Waals surface area contributed by atoms with Gasteiger partial charge in [-0.15, -0.1) is 0 Å². The second-order valence-electron chi connectivity index (χ2n) is 3.78. The van der Waals surface area contributed by atoms with Gasteiger partial charge in [0.25, 0.3) is 0 Å². The van der Waals surface area contributed by atoms with Crippen LogP contribution < -0.4 is 10.5 Å². The zero-order valence-corrected chi connectivity index (χ0v) is 9.97. The van der Waals surface area contributed by atoms with Crippen molar-refractivity contribution in [1.82, 2.24) is 9.97 Å². The molecule has 0 unspecified atom stereocenters. The highest BCUT2D eigenvalue weighted by molar-refractivity contribution is 5.64. The lowest BCUT2D eigenvalue weighted by Crippen LogP contribution is -2.02. The predicted molar refractivity (Wildman–Crippen MR) is 66.6 cm³/mol. The van der Waals surface area contributed by atoms with Gasteiger partial charge in [-0.05, 0) is 30.7 Å². The number of methoxy groups -OCH3 is 1. The van der Waals surface area contributed by atoms with E-state index in [1.165, 1.54) is 0 Å².